The van der Waals surface area contributed by atoms with Gasteiger partial charge in [0.1, 0.15) is 35.6 Å². The van der Waals surface area contributed by atoms with E-state index in [4.69, 9.17) is 60.8 Å². The van der Waals surface area contributed by atoms with E-state index in [1.807, 2.05) is 6.92 Å². The summed E-state index contributed by atoms with van der Waals surface area (Å²) in [6.45, 7) is 22.7. The third-order valence-electron chi connectivity index (χ3n) is 19.8. The second-order valence-corrected chi connectivity index (χ2v) is 27.8. The van der Waals surface area contributed by atoms with E-state index in [2.05, 4.69) is 44.7 Å². The Hall–Kier alpha value is -1.86. The first kappa shape index (κ1) is 58.9. The highest BCUT2D eigenvalue weighted by atomic mass is 32.3. The van der Waals surface area contributed by atoms with Crippen molar-refractivity contribution < 1.29 is 102 Å². The zero-order valence-electron chi connectivity index (χ0n) is 45.9. The highest BCUT2D eigenvalue weighted by Crippen LogP contribution is 2.54. The first-order valence-corrected chi connectivity index (χ1v) is 31.0. The Morgan fingerprint density at radius 2 is 1.27 bits per heavy atom. The molecule has 0 aliphatic carbocycles. The summed E-state index contributed by atoms with van der Waals surface area (Å²) < 4.78 is 151. The average molecular weight is 1160 g/mol. The van der Waals surface area contributed by atoms with Gasteiger partial charge in [0, 0.05) is 51.4 Å². The summed E-state index contributed by atoms with van der Waals surface area (Å²) in [5.74, 6) is 0.0510. The van der Waals surface area contributed by atoms with Crippen LogP contribution in [-0.4, -0.2) is 204 Å². The molecule has 0 saturated carbocycles. The quantitative estimate of drug-likeness (QED) is 0.111. The van der Waals surface area contributed by atoms with Gasteiger partial charge in [0.25, 0.3) is 0 Å². The Morgan fingerprint density at radius 3 is 1.91 bits per heavy atom. The number of rotatable bonds is 11. The van der Waals surface area contributed by atoms with Crippen LogP contribution >= 0.6 is 0 Å². The number of aliphatic hydroxyl groups excluding tert-OH is 2. The molecule has 79 heavy (non-hydrogen) atoms. The van der Waals surface area contributed by atoms with Crippen molar-refractivity contribution in [2.24, 2.45) is 5.92 Å². The molecule has 0 unspecified atom stereocenters. The van der Waals surface area contributed by atoms with E-state index in [0.717, 1.165) is 6.42 Å². The Labute approximate surface area is 463 Å². The predicted octanol–water partition coefficient (Wildman–Crippen LogP) is 4.03. The van der Waals surface area contributed by atoms with Gasteiger partial charge >= 0.3 is 20.8 Å². The van der Waals surface area contributed by atoms with Crippen LogP contribution < -0.4 is 0 Å². The summed E-state index contributed by atoms with van der Waals surface area (Å²) in [5.41, 5.74) is -4.40. The number of hydrogen-bond donors (Lipinski definition) is 5. The summed E-state index contributed by atoms with van der Waals surface area (Å²) in [6, 6.07) is 0. The van der Waals surface area contributed by atoms with Gasteiger partial charge in [-0.15, -0.1) is 6.58 Å². The van der Waals surface area contributed by atoms with Gasteiger partial charge < -0.3 is 67.4 Å². The van der Waals surface area contributed by atoms with Gasteiger partial charge in [-0.1, -0.05) is 38.3 Å². The second kappa shape index (κ2) is 21.3. The van der Waals surface area contributed by atoms with E-state index in [1.54, 1.807) is 19.1 Å². The lowest BCUT2D eigenvalue weighted by Crippen LogP contribution is -2.74. The van der Waals surface area contributed by atoms with Crippen LogP contribution in [0.1, 0.15) is 125 Å². The lowest BCUT2D eigenvalue weighted by atomic mass is 9.73. The van der Waals surface area contributed by atoms with Crippen LogP contribution in [0.5, 0.6) is 0 Å². The van der Waals surface area contributed by atoms with Crippen molar-refractivity contribution in [1.82, 2.24) is 0 Å². The van der Waals surface area contributed by atoms with Crippen molar-refractivity contribution in [2.45, 2.75) is 281 Å². The van der Waals surface area contributed by atoms with Crippen LogP contribution in [0, 0.1) is 5.92 Å². The molecule has 22 nitrogen and oxygen atoms in total. The van der Waals surface area contributed by atoms with Crippen LogP contribution in [-0.2, 0) is 81.3 Å². The van der Waals surface area contributed by atoms with Gasteiger partial charge in [-0.2, -0.15) is 16.8 Å². The summed E-state index contributed by atoms with van der Waals surface area (Å²) >= 11 is 0. The van der Waals surface area contributed by atoms with E-state index < -0.39 is 141 Å². The van der Waals surface area contributed by atoms with Crippen molar-refractivity contribution in [3.05, 3.63) is 49.1 Å². The Balaban J connectivity index is 0.748. The van der Waals surface area contributed by atoms with Crippen molar-refractivity contribution in [3.63, 3.8) is 0 Å². The van der Waals surface area contributed by atoms with Gasteiger partial charge in [0.05, 0.1) is 127 Å². The zero-order chi connectivity index (χ0) is 56.6. The van der Waals surface area contributed by atoms with Crippen LogP contribution in [0.4, 0.5) is 0 Å². The summed E-state index contributed by atoms with van der Waals surface area (Å²) in [4.78, 5) is 0. The van der Waals surface area contributed by atoms with Gasteiger partial charge in [0.2, 0.25) is 0 Å². The molecular formula is C55H82O22S2. The number of hydrogen-bond acceptors (Lipinski definition) is 20. The summed E-state index contributed by atoms with van der Waals surface area (Å²) in [6.07, 6.45) is -1.23. The van der Waals surface area contributed by atoms with Crippen LogP contribution in [0.25, 0.3) is 0 Å². The zero-order valence-corrected chi connectivity index (χ0v) is 47.6. The molecule has 11 aliphatic rings. The fourth-order valence-electron chi connectivity index (χ4n) is 15.3. The average Bonchev–Trinajstić information content (AvgIpc) is 3.52. The minimum Gasteiger partial charge on any atom is -0.387 e. The SMILES string of the molecule is C=C[C@@H](O)C(=C)/C=C/[C@@](C)(O)[C@H]1O[C@@H]2C[C@@H]3O[C@@H]4C[C@@H]5O[C@@H]6C[C@@H]7O[C@@H]8C[C@@H]9O[C@@H]%10C[C@@H]%11O[C@](C)(CCOS(=O)(=O)O)[C@@H](OS(=O)(=O)O)C[C@H]%11O[C@H]%10C[C@H]9O[C@H]8CC[C@@]7(C)O[C@@]6(C)CC[C@H](C)[C@H]5O[C@H]4[C@@H](O)[C@@]3(C)O[C@H]2CC1=C. The van der Waals surface area contributed by atoms with Crippen LogP contribution in [0.2, 0.25) is 0 Å². The molecule has 0 amide bonds. The summed E-state index contributed by atoms with van der Waals surface area (Å²) in [7, 11) is -9.75. The number of aliphatic hydroxyl groups is 3. The van der Waals surface area contributed by atoms with E-state index in [-0.39, 0.29) is 61.5 Å². The molecule has 0 aromatic carbocycles. The van der Waals surface area contributed by atoms with Crippen LogP contribution in [0.15, 0.2) is 49.1 Å². The largest absolute Gasteiger partial charge is 0.397 e. The smallest absolute Gasteiger partial charge is 0.387 e. The highest BCUT2D eigenvalue weighted by molar-refractivity contribution is 7.81. The van der Waals surface area contributed by atoms with Crippen LogP contribution in [0.3, 0.4) is 0 Å². The normalized spacial score (nSPS) is 50.9. The Morgan fingerprint density at radius 1 is 0.709 bits per heavy atom. The maximum Gasteiger partial charge on any atom is 0.397 e. The molecule has 0 aromatic rings. The van der Waals surface area contributed by atoms with E-state index in [1.165, 1.54) is 13.0 Å². The maximum absolute atomic E-state index is 12.3. The molecule has 0 radical (unpaired) electrons. The standard InChI is InChI=1S/C55H82O22S2/c1-10-30(56)27(2)11-14-51(5,58)50-29(4)19-39-38(72-50)25-46-55(9,75-39)49(57)48-42(71-46)23-41-47(73-48)28(3)12-15-53(7)44(70-41)26-43-54(8,77-53)16-13-31-32(69-43)20-34-33(66-31)21-35-36(67-34)22-40-37(68-35)24-45(76-79(62,63)64)52(6,74-40)17-18-65-78(59,60)61/h10-11,14,28,30-50,56-58H,1-2,4,12-13,15-26H2,3,5-9H3,(H,59,60,61)(H,62,63,64)/b14-11+/t28-,30+,31-,32+,33+,34-,35-,36+,37+,38+,39-,40-,41-,42+,43-,44+,45-,46-,47+,48+,49+,50-,51+,52+,53-,54+,55-/m0/s1. The molecule has 446 valence electrons. The molecule has 11 heterocycles. The molecule has 0 aromatic heterocycles. The highest BCUT2D eigenvalue weighted by Gasteiger charge is 2.65. The van der Waals surface area contributed by atoms with E-state index >= 15 is 0 Å². The predicted molar refractivity (Wildman–Crippen MR) is 277 cm³/mol. The Bertz CT molecular complexity index is 2580. The number of ether oxygens (including phenoxy) is 11. The second-order valence-electron chi connectivity index (χ2n) is 25.6. The lowest BCUT2D eigenvalue weighted by Gasteiger charge is -2.61. The molecule has 24 heteroatoms. The molecule has 11 aliphatic heterocycles. The number of fused-ring (bicyclic) bond motifs is 10. The Kier molecular flexibility index (Phi) is 15.9. The van der Waals surface area contributed by atoms with E-state index in [9.17, 15) is 36.7 Å². The van der Waals surface area contributed by atoms with Gasteiger partial charge in [-0.25, -0.2) is 8.37 Å². The minimum absolute atomic E-state index is 0.00274. The first-order valence-electron chi connectivity index (χ1n) is 28.3. The van der Waals surface area contributed by atoms with Gasteiger partial charge in [-0.05, 0) is 83.8 Å². The van der Waals surface area contributed by atoms with Crippen molar-refractivity contribution in [3.8, 4) is 0 Å². The topological polar surface area (TPSA) is 289 Å². The minimum atomic E-state index is -4.95. The summed E-state index contributed by atoms with van der Waals surface area (Å²) in [5, 5.41) is 34.1. The van der Waals surface area contributed by atoms with Gasteiger partial charge in [-0.3, -0.25) is 9.11 Å². The molecule has 11 saturated heterocycles. The monoisotopic (exact) mass is 1160 g/mol. The molecule has 11 rings (SSSR count). The van der Waals surface area contributed by atoms with Crippen molar-refractivity contribution in [1.29, 1.82) is 0 Å². The third-order valence-corrected chi connectivity index (χ3v) is 20.7. The first-order chi connectivity index (χ1) is 36.9. The maximum atomic E-state index is 12.3. The van der Waals surface area contributed by atoms with Gasteiger partial charge in [0.15, 0.2) is 0 Å². The molecular weight excluding hydrogens is 1080 g/mol. The fraction of sp³-hybridized carbons (Fsp3) is 0.855. The molecule has 0 bridgehead atoms. The fourth-order valence-corrected chi connectivity index (χ4v) is 16.1. The van der Waals surface area contributed by atoms with E-state index in [0.29, 0.717) is 75.4 Å². The third kappa shape index (κ3) is 11.5. The lowest BCUT2D eigenvalue weighted by molar-refractivity contribution is -0.369. The van der Waals surface area contributed by atoms with Crippen molar-refractivity contribution >= 4 is 20.8 Å². The van der Waals surface area contributed by atoms with Crippen molar-refractivity contribution in [2.75, 3.05) is 6.61 Å². The molecule has 27 atom stereocenters. The molecule has 0 spiro atoms. The molecule has 11 fully saturated rings. The molecule has 5 N–H and O–H groups in total.